The first kappa shape index (κ1) is 20.5. The van der Waals surface area contributed by atoms with Crippen LogP contribution in [0.3, 0.4) is 0 Å². The standard InChI is InChI=1S/C25H23ClN2O4/c1-29-17-11-12-19(23(13-17)31-3)25-28-21(18-5-4-6-22(30-2)24(18)32-25)14-20(27-28)15-7-9-16(26)10-8-15/h4-13,21,25H,14H2,1-3H3/t21-,25+/m0/s1. The first-order valence-electron chi connectivity index (χ1n) is 10.3. The van der Waals surface area contributed by atoms with Gasteiger partial charge in [0.2, 0.25) is 6.23 Å². The van der Waals surface area contributed by atoms with E-state index >= 15 is 0 Å². The summed E-state index contributed by atoms with van der Waals surface area (Å²) in [4.78, 5) is 0. The average Bonchev–Trinajstić information content (AvgIpc) is 3.29. The van der Waals surface area contributed by atoms with Crippen LogP contribution in [-0.4, -0.2) is 32.0 Å². The summed E-state index contributed by atoms with van der Waals surface area (Å²) >= 11 is 6.09. The third kappa shape index (κ3) is 3.41. The van der Waals surface area contributed by atoms with Gasteiger partial charge in [-0.05, 0) is 35.9 Å². The fourth-order valence-corrected chi connectivity index (χ4v) is 4.41. The number of hydrogen-bond acceptors (Lipinski definition) is 6. The van der Waals surface area contributed by atoms with Gasteiger partial charge in [0.1, 0.15) is 11.5 Å². The smallest absolute Gasteiger partial charge is 0.217 e. The fraction of sp³-hybridized carbons (Fsp3) is 0.240. The molecule has 2 aliphatic heterocycles. The molecule has 2 heterocycles. The molecule has 2 aliphatic rings. The number of methoxy groups -OCH3 is 3. The zero-order chi connectivity index (χ0) is 22.2. The Morgan fingerprint density at radius 3 is 2.41 bits per heavy atom. The Morgan fingerprint density at radius 1 is 0.906 bits per heavy atom. The van der Waals surface area contributed by atoms with Crippen LogP contribution in [0.5, 0.6) is 23.0 Å². The molecule has 0 unspecified atom stereocenters. The van der Waals surface area contributed by atoms with Crippen molar-refractivity contribution in [3.8, 4) is 23.0 Å². The van der Waals surface area contributed by atoms with E-state index in [4.69, 9.17) is 35.6 Å². The van der Waals surface area contributed by atoms with Crippen molar-refractivity contribution >= 4 is 17.3 Å². The molecule has 0 N–H and O–H groups in total. The van der Waals surface area contributed by atoms with Crippen LogP contribution in [-0.2, 0) is 0 Å². The Bertz CT molecular complexity index is 1180. The van der Waals surface area contributed by atoms with E-state index in [1.54, 1.807) is 21.3 Å². The summed E-state index contributed by atoms with van der Waals surface area (Å²) in [7, 11) is 4.92. The van der Waals surface area contributed by atoms with Crippen LogP contribution in [0.25, 0.3) is 0 Å². The van der Waals surface area contributed by atoms with Gasteiger partial charge in [0.05, 0.1) is 38.6 Å². The molecule has 32 heavy (non-hydrogen) atoms. The molecule has 0 amide bonds. The van der Waals surface area contributed by atoms with Crippen molar-refractivity contribution in [2.45, 2.75) is 18.7 Å². The molecule has 0 bridgehead atoms. The molecule has 0 saturated carbocycles. The van der Waals surface area contributed by atoms with Gasteiger partial charge in [0, 0.05) is 23.1 Å². The predicted octanol–water partition coefficient (Wildman–Crippen LogP) is 5.61. The van der Waals surface area contributed by atoms with Gasteiger partial charge in [0.25, 0.3) is 0 Å². The Morgan fingerprint density at radius 2 is 1.69 bits per heavy atom. The quantitative estimate of drug-likeness (QED) is 0.505. The number of nitrogens with zero attached hydrogens (tertiary/aromatic N) is 2. The van der Waals surface area contributed by atoms with E-state index in [9.17, 15) is 0 Å². The number of benzene rings is 3. The molecule has 0 radical (unpaired) electrons. The average molecular weight is 451 g/mol. The lowest BCUT2D eigenvalue weighted by atomic mass is 9.95. The molecule has 3 aromatic carbocycles. The maximum absolute atomic E-state index is 6.53. The molecule has 6 nitrogen and oxygen atoms in total. The van der Waals surface area contributed by atoms with Crippen LogP contribution in [0.2, 0.25) is 5.02 Å². The molecule has 0 spiro atoms. The van der Waals surface area contributed by atoms with Crippen molar-refractivity contribution in [1.29, 1.82) is 0 Å². The second-order valence-corrected chi connectivity index (χ2v) is 8.05. The molecular weight excluding hydrogens is 428 g/mol. The van der Waals surface area contributed by atoms with Gasteiger partial charge in [-0.2, -0.15) is 5.10 Å². The van der Waals surface area contributed by atoms with E-state index in [1.807, 2.05) is 59.6 Å². The van der Waals surface area contributed by atoms with Crippen molar-refractivity contribution in [3.05, 3.63) is 82.4 Å². The number of hydrogen-bond donors (Lipinski definition) is 0. The minimum atomic E-state index is -0.491. The van der Waals surface area contributed by atoms with Crippen molar-refractivity contribution < 1.29 is 18.9 Å². The van der Waals surface area contributed by atoms with Crippen molar-refractivity contribution in [3.63, 3.8) is 0 Å². The van der Waals surface area contributed by atoms with E-state index in [-0.39, 0.29) is 6.04 Å². The van der Waals surface area contributed by atoms with E-state index in [0.29, 0.717) is 22.3 Å². The van der Waals surface area contributed by atoms with Crippen LogP contribution in [0.1, 0.15) is 35.4 Å². The number of ether oxygens (including phenoxy) is 4. The van der Waals surface area contributed by atoms with Crippen LogP contribution >= 0.6 is 11.6 Å². The lowest BCUT2D eigenvalue weighted by molar-refractivity contribution is -0.0222. The summed E-state index contributed by atoms with van der Waals surface area (Å²) in [5.74, 6) is 2.80. The Hall–Kier alpha value is -3.38. The predicted molar refractivity (Wildman–Crippen MR) is 123 cm³/mol. The molecule has 0 saturated heterocycles. The number of fused-ring (bicyclic) bond motifs is 3. The van der Waals surface area contributed by atoms with Crippen LogP contribution in [0, 0.1) is 0 Å². The molecule has 164 valence electrons. The number of hydrazone groups is 1. The van der Waals surface area contributed by atoms with Gasteiger partial charge in [-0.15, -0.1) is 0 Å². The zero-order valence-electron chi connectivity index (χ0n) is 18.0. The first-order valence-corrected chi connectivity index (χ1v) is 10.7. The Labute approximate surface area is 191 Å². The highest BCUT2D eigenvalue weighted by Crippen LogP contribution is 2.52. The number of halogens is 1. The number of para-hydroxylation sites is 1. The highest BCUT2D eigenvalue weighted by Gasteiger charge is 2.43. The highest BCUT2D eigenvalue weighted by atomic mass is 35.5. The van der Waals surface area contributed by atoms with Gasteiger partial charge >= 0.3 is 0 Å². The second kappa shape index (κ2) is 8.28. The topological polar surface area (TPSA) is 52.5 Å². The van der Waals surface area contributed by atoms with Crippen LogP contribution in [0.15, 0.2) is 65.8 Å². The fourth-order valence-electron chi connectivity index (χ4n) is 4.29. The third-order valence-corrected chi connectivity index (χ3v) is 6.14. The SMILES string of the molecule is COc1ccc([C@H]2Oc3c(OC)cccc3[C@@H]3CC(c4ccc(Cl)cc4)=NN23)c(OC)c1. The van der Waals surface area contributed by atoms with Gasteiger partial charge in [-0.25, -0.2) is 5.01 Å². The van der Waals surface area contributed by atoms with E-state index < -0.39 is 6.23 Å². The largest absolute Gasteiger partial charge is 0.497 e. The van der Waals surface area contributed by atoms with Crippen molar-refractivity contribution in [2.75, 3.05) is 21.3 Å². The summed E-state index contributed by atoms with van der Waals surface area (Å²) < 4.78 is 23.2. The normalized spacial score (nSPS) is 18.9. The Balaban J connectivity index is 1.63. The maximum atomic E-state index is 6.53. The summed E-state index contributed by atoms with van der Waals surface area (Å²) in [6.45, 7) is 0. The second-order valence-electron chi connectivity index (χ2n) is 7.61. The lowest BCUT2D eigenvalue weighted by Gasteiger charge is -2.39. The molecule has 2 atom stereocenters. The van der Waals surface area contributed by atoms with Gasteiger partial charge in [-0.1, -0.05) is 35.9 Å². The molecule has 3 aromatic rings. The lowest BCUT2D eigenvalue weighted by Crippen LogP contribution is -2.34. The summed E-state index contributed by atoms with van der Waals surface area (Å²) in [6, 6.07) is 19.4. The first-order chi connectivity index (χ1) is 15.6. The summed E-state index contributed by atoms with van der Waals surface area (Å²) in [5.41, 5.74) is 3.91. The molecule has 7 heteroatoms. The molecular formula is C25H23ClN2O4. The van der Waals surface area contributed by atoms with Gasteiger partial charge in [0.15, 0.2) is 11.5 Å². The van der Waals surface area contributed by atoms with Gasteiger partial charge in [-0.3, -0.25) is 0 Å². The molecule has 5 rings (SSSR count). The van der Waals surface area contributed by atoms with Crippen molar-refractivity contribution in [2.24, 2.45) is 5.10 Å². The molecule has 0 fully saturated rings. The summed E-state index contributed by atoms with van der Waals surface area (Å²) in [5, 5.41) is 7.70. The highest BCUT2D eigenvalue weighted by molar-refractivity contribution is 6.30. The van der Waals surface area contributed by atoms with E-state index in [1.165, 1.54) is 0 Å². The van der Waals surface area contributed by atoms with Gasteiger partial charge < -0.3 is 18.9 Å². The minimum Gasteiger partial charge on any atom is -0.497 e. The Kier molecular flexibility index (Phi) is 5.31. The third-order valence-electron chi connectivity index (χ3n) is 5.88. The molecule has 0 aromatic heterocycles. The van der Waals surface area contributed by atoms with Crippen molar-refractivity contribution in [1.82, 2.24) is 5.01 Å². The minimum absolute atomic E-state index is 0.00339. The van der Waals surface area contributed by atoms with E-state index in [2.05, 4.69) is 6.07 Å². The summed E-state index contributed by atoms with van der Waals surface area (Å²) in [6.07, 6.45) is 0.245. The molecule has 0 aliphatic carbocycles. The van der Waals surface area contributed by atoms with E-state index in [0.717, 1.165) is 34.6 Å². The monoisotopic (exact) mass is 450 g/mol. The van der Waals surface area contributed by atoms with Crippen LogP contribution in [0.4, 0.5) is 0 Å². The maximum Gasteiger partial charge on any atom is 0.217 e. The zero-order valence-corrected chi connectivity index (χ0v) is 18.8. The number of rotatable bonds is 5. The van der Waals surface area contributed by atoms with Crippen LogP contribution < -0.4 is 18.9 Å².